The van der Waals surface area contributed by atoms with Crippen molar-refractivity contribution in [2.45, 2.75) is 57.3 Å². The third kappa shape index (κ3) is 8.24. The topological polar surface area (TPSA) is 87.8 Å². The molecule has 0 aromatic heterocycles. The second-order valence-corrected chi connectivity index (χ2v) is 11.5. The average Bonchev–Trinajstić information content (AvgIpc) is 3.07. The maximum atomic E-state index is 14.5. The molecule has 1 amide bonds. The van der Waals surface area contributed by atoms with E-state index in [1.165, 1.54) is 12.1 Å². The number of nitrogens with zero attached hydrogens (tertiary/aromatic N) is 1. The first-order valence-electron chi connectivity index (χ1n) is 15.2. The summed E-state index contributed by atoms with van der Waals surface area (Å²) >= 11 is 0. The highest BCUT2D eigenvalue weighted by molar-refractivity contribution is 5.80. The van der Waals surface area contributed by atoms with Crippen LogP contribution in [0.15, 0.2) is 103 Å². The smallest absolute Gasteiger partial charge is 0.228 e. The first kappa shape index (κ1) is 32.7. The lowest BCUT2D eigenvalue weighted by atomic mass is 9.83. The Balaban J connectivity index is 1.70. The summed E-state index contributed by atoms with van der Waals surface area (Å²) in [4.78, 5) is 16.2. The Hall–Kier alpha value is -4.20. The van der Waals surface area contributed by atoms with Gasteiger partial charge in [-0.25, -0.2) is 4.39 Å². The van der Waals surface area contributed by atoms with E-state index in [1.54, 1.807) is 31.2 Å². The van der Waals surface area contributed by atoms with E-state index in [-0.39, 0.29) is 23.7 Å². The highest BCUT2D eigenvalue weighted by Gasteiger charge is 2.35. The zero-order valence-corrected chi connectivity index (χ0v) is 26.0. The number of rotatable bonds is 14. The minimum atomic E-state index is -0.847. The van der Waals surface area contributed by atoms with E-state index < -0.39 is 18.1 Å². The number of methoxy groups -OCH3 is 1. The van der Waals surface area contributed by atoms with Crippen LogP contribution in [0.25, 0.3) is 0 Å². The van der Waals surface area contributed by atoms with Crippen molar-refractivity contribution in [1.82, 2.24) is 4.90 Å². The number of benzene rings is 4. The zero-order valence-electron chi connectivity index (χ0n) is 26.0. The van der Waals surface area contributed by atoms with Crippen LogP contribution in [-0.2, 0) is 11.3 Å². The van der Waals surface area contributed by atoms with Crippen LogP contribution in [0.1, 0.15) is 67.0 Å². The van der Waals surface area contributed by atoms with Crippen molar-refractivity contribution in [3.05, 3.63) is 131 Å². The van der Waals surface area contributed by atoms with Crippen LogP contribution in [-0.4, -0.2) is 36.1 Å². The molecule has 44 heavy (non-hydrogen) atoms. The average molecular weight is 598 g/mol. The monoisotopic (exact) mass is 597 g/mol. The molecular formula is C37H44FN3O3. The first-order valence-corrected chi connectivity index (χ1v) is 15.2. The second kappa shape index (κ2) is 15.5. The number of nitrogens with two attached hydrogens (primary N) is 1. The van der Waals surface area contributed by atoms with Crippen LogP contribution in [0.4, 0.5) is 10.1 Å². The molecule has 0 aliphatic rings. The zero-order chi connectivity index (χ0) is 31.6. The number of hydrogen-bond donors (Lipinski definition) is 3. The van der Waals surface area contributed by atoms with Gasteiger partial charge in [-0.1, -0.05) is 73.7 Å². The summed E-state index contributed by atoms with van der Waals surface area (Å²) in [6.45, 7) is 4.41. The van der Waals surface area contributed by atoms with Gasteiger partial charge in [-0.15, -0.1) is 0 Å². The van der Waals surface area contributed by atoms with E-state index in [2.05, 4.69) is 12.2 Å². The Bertz CT molecular complexity index is 1450. The van der Waals surface area contributed by atoms with Gasteiger partial charge in [0.15, 0.2) is 0 Å². The lowest BCUT2D eigenvalue weighted by Crippen LogP contribution is -2.44. The van der Waals surface area contributed by atoms with Crippen LogP contribution in [0.5, 0.6) is 5.75 Å². The van der Waals surface area contributed by atoms with Crippen molar-refractivity contribution >= 4 is 11.6 Å². The molecule has 0 spiro atoms. The van der Waals surface area contributed by atoms with Gasteiger partial charge in [0.1, 0.15) is 11.6 Å². The molecule has 0 bridgehead atoms. The summed E-state index contributed by atoms with van der Waals surface area (Å²) in [7, 11) is 3.39. The Morgan fingerprint density at radius 1 is 0.864 bits per heavy atom. The Labute approximate surface area is 260 Å². The van der Waals surface area contributed by atoms with Gasteiger partial charge < -0.3 is 25.8 Å². The van der Waals surface area contributed by atoms with Gasteiger partial charge in [-0.3, -0.25) is 4.79 Å². The van der Waals surface area contributed by atoms with Gasteiger partial charge in [-0.05, 0) is 84.3 Å². The fraction of sp³-hybridized carbons (Fsp3) is 0.324. The lowest BCUT2D eigenvalue weighted by molar-refractivity contribution is -0.139. The van der Waals surface area contributed by atoms with E-state index in [0.29, 0.717) is 19.4 Å². The number of amides is 1. The summed E-state index contributed by atoms with van der Waals surface area (Å²) in [5, 5.41) is 14.9. The number of nitrogens with one attached hydrogen (secondary N) is 1. The highest BCUT2D eigenvalue weighted by Crippen LogP contribution is 2.36. The minimum absolute atomic E-state index is 0.0781. The molecule has 4 N–H and O–H groups in total. The van der Waals surface area contributed by atoms with Crippen molar-refractivity contribution in [3.8, 4) is 5.75 Å². The van der Waals surface area contributed by atoms with Crippen molar-refractivity contribution in [1.29, 1.82) is 0 Å². The lowest BCUT2D eigenvalue weighted by Gasteiger charge is -2.36. The SMILES string of the molecule is COc1ccc(C(Nc2ccc(CN)cc2)[C@@H](CC[C@H](C)c2ccc(F)cc2)C(=O)N(C)[C@@H](C)[C@@H](O)c2ccccc2)cc1. The van der Waals surface area contributed by atoms with Gasteiger partial charge >= 0.3 is 0 Å². The van der Waals surface area contributed by atoms with Gasteiger partial charge in [0.05, 0.1) is 31.2 Å². The molecule has 4 aromatic rings. The number of halogens is 1. The molecule has 0 radical (unpaired) electrons. The van der Waals surface area contributed by atoms with Crippen molar-refractivity contribution in [2.75, 3.05) is 19.5 Å². The largest absolute Gasteiger partial charge is 0.497 e. The number of likely N-dealkylation sites (N-methyl/N-ethyl adjacent to an activating group) is 1. The maximum Gasteiger partial charge on any atom is 0.228 e. The highest BCUT2D eigenvalue weighted by atomic mass is 19.1. The third-order valence-corrected chi connectivity index (χ3v) is 8.61. The standard InChI is InChI=1S/C37H44FN3O3/c1-25(28-13-17-31(38)18-14-28)10-23-34(37(43)41(3)26(2)36(42)30-8-6-5-7-9-30)35(29-15-21-33(44-4)22-16-29)40-32-19-11-27(24-39)12-20-32/h5-9,11-22,25-26,34-36,40,42H,10,23-24,39H2,1-4H3/t25-,26-,34+,35?,36+/m0/s1. The second-order valence-electron chi connectivity index (χ2n) is 11.5. The van der Waals surface area contributed by atoms with E-state index in [4.69, 9.17) is 10.5 Å². The maximum absolute atomic E-state index is 14.5. The summed E-state index contributed by atoms with van der Waals surface area (Å²) < 4.78 is 19.0. The molecule has 4 aromatic carbocycles. The van der Waals surface area contributed by atoms with Crippen LogP contribution >= 0.6 is 0 Å². The predicted molar refractivity (Wildman–Crippen MR) is 175 cm³/mol. The van der Waals surface area contributed by atoms with Crippen LogP contribution in [0.3, 0.4) is 0 Å². The Morgan fingerprint density at radius 2 is 1.48 bits per heavy atom. The number of carbonyl (C=O) groups is 1. The van der Waals surface area contributed by atoms with Crippen LogP contribution in [0, 0.1) is 11.7 Å². The van der Waals surface area contributed by atoms with E-state index in [9.17, 15) is 14.3 Å². The fourth-order valence-corrected chi connectivity index (χ4v) is 5.57. The third-order valence-electron chi connectivity index (χ3n) is 8.61. The predicted octanol–water partition coefficient (Wildman–Crippen LogP) is 7.23. The van der Waals surface area contributed by atoms with E-state index >= 15 is 0 Å². The van der Waals surface area contributed by atoms with Gasteiger partial charge in [0, 0.05) is 19.3 Å². The normalized spacial score (nSPS) is 14.6. The number of anilines is 1. The quantitative estimate of drug-likeness (QED) is 0.143. The van der Waals surface area contributed by atoms with Crippen molar-refractivity contribution < 1.29 is 19.0 Å². The molecular weight excluding hydrogens is 553 g/mol. The summed E-state index contributed by atoms with van der Waals surface area (Å²) in [5.74, 6) is -0.0131. The molecule has 1 unspecified atom stereocenters. The van der Waals surface area contributed by atoms with Crippen molar-refractivity contribution in [3.63, 3.8) is 0 Å². The molecule has 232 valence electrons. The van der Waals surface area contributed by atoms with Gasteiger partial charge in [-0.2, -0.15) is 0 Å². The number of ether oxygens (including phenoxy) is 1. The summed E-state index contributed by atoms with van der Waals surface area (Å²) in [6, 6.07) is 30.8. The molecule has 0 fully saturated rings. The number of aliphatic hydroxyl groups is 1. The fourth-order valence-electron chi connectivity index (χ4n) is 5.57. The first-order chi connectivity index (χ1) is 21.2. The molecule has 0 saturated carbocycles. The molecule has 5 atom stereocenters. The Kier molecular flexibility index (Phi) is 11.5. The summed E-state index contributed by atoms with van der Waals surface area (Å²) in [5.41, 5.74) is 10.4. The number of carbonyl (C=O) groups excluding carboxylic acids is 1. The molecule has 0 heterocycles. The van der Waals surface area contributed by atoms with E-state index in [1.807, 2.05) is 85.8 Å². The molecule has 0 aliphatic carbocycles. The minimum Gasteiger partial charge on any atom is -0.497 e. The molecule has 6 nitrogen and oxygen atoms in total. The number of hydrogen-bond acceptors (Lipinski definition) is 5. The number of aliphatic hydroxyl groups excluding tert-OH is 1. The molecule has 0 saturated heterocycles. The van der Waals surface area contributed by atoms with Gasteiger partial charge in [0.2, 0.25) is 5.91 Å². The molecule has 4 rings (SSSR count). The van der Waals surface area contributed by atoms with Crippen LogP contribution < -0.4 is 15.8 Å². The van der Waals surface area contributed by atoms with E-state index in [0.717, 1.165) is 33.7 Å². The Morgan fingerprint density at radius 3 is 2.07 bits per heavy atom. The molecule has 7 heteroatoms. The van der Waals surface area contributed by atoms with Crippen LogP contribution in [0.2, 0.25) is 0 Å². The van der Waals surface area contributed by atoms with Gasteiger partial charge in [0.25, 0.3) is 0 Å². The molecule has 0 aliphatic heterocycles. The van der Waals surface area contributed by atoms with Crippen molar-refractivity contribution in [2.24, 2.45) is 11.7 Å². The summed E-state index contributed by atoms with van der Waals surface area (Å²) in [6.07, 6.45) is 0.409.